The molecule has 4 aromatic rings. The molecule has 1 aromatic carbocycles. The van der Waals surface area contributed by atoms with E-state index in [2.05, 4.69) is 19.9 Å². The lowest BCUT2D eigenvalue weighted by Crippen LogP contribution is -2.15. The summed E-state index contributed by atoms with van der Waals surface area (Å²) in [6, 6.07) is 6.64. The highest BCUT2D eigenvalue weighted by Crippen LogP contribution is 2.35. The van der Waals surface area contributed by atoms with Crippen LogP contribution < -0.4 is 9.46 Å². The fourth-order valence-corrected chi connectivity index (χ4v) is 4.02. The second-order valence-corrected chi connectivity index (χ2v) is 8.18. The van der Waals surface area contributed by atoms with E-state index in [0.717, 1.165) is 12.3 Å². The van der Waals surface area contributed by atoms with E-state index in [0.29, 0.717) is 16.7 Å². The molecule has 0 saturated carbocycles. The number of alkyl halides is 3. The molecule has 0 amide bonds. The van der Waals surface area contributed by atoms with Crippen molar-refractivity contribution >= 4 is 26.6 Å². The van der Waals surface area contributed by atoms with Crippen LogP contribution in [0, 0.1) is 0 Å². The Morgan fingerprint density at radius 2 is 1.90 bits per heavy atom. The third-order valence-corrected chi connectivity index (χ3v) is 5.85. The third kappa shape index (κ3) is 3.79. The highest BCUT2D eigenvalue weighted by atomic mass is 32.2. The summed E-state index contributed by atoms with van der Waals surface area (Å²) in [6.45, 7) is 0. The summed E-state index contributed by atoms with van der Waals surface area (Å²) in [5.41, 5.74) is -0.295. The first-order valence-corrected chi connectivity index (χ1v) is 10.2. The Kier molecular flexibility index (Phi) is 4.84. The minimum absolute atomic E-state index is 0.0643. The number of pyridine rings is 1. The van der Waals surface area contributed by atoms with Crippen molar-refractivity contribution in [3.8, 4) is 17.1 Å². The lowest BCUT2D eigenvalue weighted by molar-refractivity contribution is -0.141. The van der Waals surface area contributed by atoms with E-state index >= 15 is 0 Å². The quantitative estimate of drug-likeness (QED) is 0.481. The lowest BCUT2D eigenvalue weighted by atomic mass is 10.2. The van der Waals surface area contributed by atoms with Gasteiger partial charge in [-0.05, 0) is 30.3 Å². The molecule has 0 aliphatic rings. The number of nitrogens with one attached hydrogen (secondary N) is 2. The van der Waals surface area contributed by atoms with Gasteiger partial charge in [0.05, 0.1) is 24.5 Å². The first kappa shape index (κ1) is 20.7. The van der Waals surface area contributed by atoms with Crippen molar-refractivity contribution in [2.24, 2.45) is 7.05 Å². The second-order valence-electron chi connectivity index (χ2n) is 6.50. The zero-order valence-electron chi connectivity index (χ0n) is 16.1. The van der Waals surface area contributed by atoms with Crippen molar-refractivity contribution in [1.29, 1.82) is 0 Å². The minimum atomic E-state index is -4.58. The summed E-state index contributed by atoms with van der Waals surface area (Å²) in [5, 5.41) is 10.3. The lowest BCUT2D eigenvalue weighted by Gasteiger charge is -2.14. The Labute approximate surface area is 173 Å². The van der Waals surface area contributed by atoms with Crippen LogP contribution in [0.5, 0.6) is 5.75 Å². The number of benzene rings is 1. The average molecular weight is 452 g/mol. The maximum Gasteiger partial charge on any atom is 0.432 e. The number of aryl methyl sites for hydroxylation is 1. The van der Waals surface area contributed by atoms with E-state index in [1.807, 2.05) is 5.10 Å². The third-order valence-electron chi connectivity index (χ3n) is 4.51. The smallest absolute Gasteiger partial charge is 0.432 e. The molecule has 0 radical (unpaired) electrons. The number of fused-ring (bicyclic) bond motifs is 1. The Balaban J connectivity index is 1.67. The van der Waals surface area contributed by atoms with Crippen molar-refractivity contribution in [1.82, 2.24) is 25.0 Å². The zero-order valence-corrected chi connectivity index (χ0v) is 16.9. The number of sulfonamides is 1. The second kappa shape index (κ2) is 7.27. The Morgan fingerprint density at radius 1 is 1.13 bits per heavy atom. The van der Waals surface area contributed by atoms with E-state index < -0.39 is 21.9 Å². The molecule has 0 unspecified atom stereocenters. The molecule has 31 heavy (non-hydrogen) atoms. The number of nitrogens with zero attached hydrogens (tertiary/aromatic N) is 4. The molecular weight excluding hydrogens is 437 g/mol. The highest BCUT2D eigenvalue weighted by Gasteiger charge is 2.33. The van der Waals surface area contributed by atoms with Crippen molar-refractivity contribution in [2.75, 3.05) is 11.8 Å². The molecule has 0 aliphatic carbocycles. The summed E-state index contributed by atoms with van der Waals surface area (Å²) >= 11 is 0. The molecule has 3 heterocycles. The van der Waals surface area contributed by atoms with Crippen LogP contribution in [0.3, 0.4) is 0 Å². The van der Waals surface area contributed by atoms with E-state index in [9.17, 15) is 21.6 Å². The molecule has 0 fully saturated rings. The maximum atomic E-state index is 12.9. The average Bonchev–Trinajstić information content (AvgIpc) is 3.36. The van der Waals surface area contributed by atoms with Crippen molar-refractivity contribution < 1.29 is 26.3 Å². The number of aromatic nitrogens is 5. The number of hydrogen-bond donors (Lipinski definition) is 2. The van der Waals surface area contributed by atoms with Crippen LogP contribution in [-0.2, 0) is 23.2 Å². The van der Waals surface area contributed by atoms with Gasteiger partial charge in [-0.1, -0.05) is 0 Å². The van der Waals surface area contributed by atoms with E-state index in [-0.39, 0.29) is 22.0 Å². The summed E-state index contributed by atoms with van der Waals surface area (Å²) in [5.74, 6) is 0.292. The standard InChI is InChI=1S/C18H15F3N6O3S/c1-27-17-10(8-23-27)3-6-14(30-2)16(17)26-31(28,29)11-4-5-12(22-9-11)13-7-15(25-24-13)18(19,20)21/h3-9,26H,1-2H3,(H,24,25). The fourth-order valence-electron chi connectivity index (χ4n) is 3.00. The summed E-state index contributed by atoms with van der Waals surface area (Å²) in [4.78, 5) is 3.76. The van der Waals surface area contributed by atoms with E-state index in [4.69, 9.17) is 4.74 Å². The molecule has 3 aromatic heterocycles. The molecular formula is C18H15F3N6O3S. The van der Waals surface area contributed by atoms with Gasteiger partial charge in [0, 0.05) is 18.6 Å². The van der Waals surface area contributed by atoms with Crippen LogP contribution in [0.1, 0.15) is 5.69 Å². The number of halogens is 3. The fraction of sp³-hybridized carbons (Fsp3) is 0.167. The van der Waals surface area contributed by atoms with Crippen molar-refractivity contribution in [2.45, 2.75) is 11.1 Å². The normalized spacial score (nSPS) is 12.3. The van der Waals surface area contributed by atoms with E-state index in [1.54, 1.807) is 25.4 Å². The summed E-state index contributed by atoms with van der Waals surface area (Å²) < 4.78 is 73.3. The van der Waals surface area contributed by atoms with E-state index in [1.165, 1.54) is 23.9 Å². The molecule has 0 spiro atoms. The minimum Gasteiger partial charge on any atom is -0.494 e. The number of methoxy groups -OCH3 is 1. The molecule has 2 N–H and O–H groups in total. The molecule has 13 heteroatoms. The van der Waals surface area contributed by atoms with Gasteiger partial charge in [-0.25, -0.2) is 8.42 Å². The first-order chi connectivity index (χ1) is 14.6. The van der Waals surface area contributed by atoms with Gasteiger partial charge in [0.2, 0.25) is 0 Å². The molecule has 162 valence electrons. The van der Waals surface area contributed by atoms with Gasteiger partial charge in [-0.15, -0.1) is 0 Å². The number of aromatic amines is 1. The summed E-state index contributed by atoms with van der Waals surface area (Å²) in [7, 11) is -1.02. The molecule has 0 saturated heterocycles. The van der Waals surface area contributed by atoms with Crippen LogP contribution in [0.4, 0.5) is 18.9 Å². The number of ether oxygens (including phenoxy) is 1. The van der Waals surface area contributed by atoms with Crippen molar-refractivity contribution in [3.63, 3.8) is 0 Å². The monoisotopic (exact) mass is 452 g/mol. The predicted molar refractivity (Wildman–Crippen MR) is 105 cm³/mol. The van der Waals surface area contributed by atoms with Gasteiger partial charge in [-0.2, -0.15) is 23.4 Å². The SMILES string of the molecule is COc1ccc2cnn(C)c2c1NS(=O)(=O)c1ccc(-c2cc(C(F)(F)F)[nH]n2)nc1. The van der Waals surface area contributed by atoms with Crippen LogP contribution in [0.15, 0.2) is 47.6 Å². The van der Waals surface area contributed by atoms with Gasteiger partial charge in [0.25, 0.3) is 10.0 Å². The van der Waals surface area contributed by atoms with Gasteiger partial charge in [0.15, 0.2) is 0 Å². The zero-order chi connectivity index (χ0) is 22.4. The number of rotatable bonds is 5. The van der Waals surface area contributed by atoms with Gasteiger partial charge in [0.1, 0.15) is 27.7 Å². The Hall–Kier alpha value is -3.61. The number of hydrogen-bond acceptors (Lipinski definition) is 6. The molecule has 0 atom stereocenters. The molecule has 9 nitrogen and oxygen atoms in total. The van der Waals surface area contributed by atoms with Crippen LogP contribution >= 0.6 is 0 Å². The van der Waals surface area contributed by atoms with Gasteiger partial charge in [-0.3, -0.25) is 19.5 Å². The molecule has 0 bridgehead atoms. The van der Waals surface area contributed by atoms with Gasteiger partial charge >= 0.3 is 6.18 Å². The van der Waals surface area contributed by atoms with Crippen molar-refractivity contribution in [3.05, 3.63) is 48.4 Å². The van der Waals surface area contributed by atoms with Crippen LogP contribution in [0.25, 0.3) is 22.3 Å². The summed E-state index contributed by atoms with van der Waals surface area (Å²) in [6.07, 6.45) is -1.96. The Bertz CT molecular complexity index is 1360. The Morgan fingerprint density at radius 3 is 2.52 bits per heavy atom. The van der Waals surface area contributed by atoms with Crippen LogP contribution in [0.2, 0.25) is 0 Å². The highest BCUT2D eigenvalue weighted by molar-refractivity contribution is 7.92. The molecule has 0 aliphatic heterocycles. The van der Waals surface area contributed by atoms with Crippen LogP contribution in [-0.4, -0.2) is 40.5 Å². The largest absolute Gasteiger partial charge is 0.494 e. The first-order valence-electron chi connectivity index (χ1n) is 8.71. The number of H-pyrrole nitrogens is 1. The topological polar surface area (TPSA) is 115 Å². The predicted octanol–water partition coefficient (Wildman–Crippen LogP) is 3.19. The number of anilines is 1. The molecule has 4 rings (SSSR count). The maximum absolute atomic E-state index is 12.9. The van der Waals surface area contributed by atoms with Gasteiger partial charge < -0.3 is 4.74 Å².